The lowest BCUT2D eigenvalue weighted by molar-refractivity contribution is -0.143. The lowest BCUT2D eigenvalue weighted by Crippen LogP contribution is -2.56. The number of nitrogens with one attached hydrogen (secondary N) is 2. The normalized spacial score (nSPS) is 15.5. The number of amides is 3. The molecule has 25 heavy (non-hydrogen) atoms. The Morgan fingerprint density at radius 2 is 1.76 bits per heavy atom. The van der Waals surface area contributed by atoms with Crippen molar-refractivity contribution in [3.05, 3.63) is 0 Å². The second-order valence-corrected chi connectivity index (χ2v) is 6.82. The van der Waals surface area contributed by atoms with Crippen LogP contribution in [0.25, 0.3) is 0 Å². The summed E-state index contributed by atoms with van der Waals surface area (Å²) in [6, 6.07) is -3.15. The smallest absolute Gasteiger partial charge is 0.326 e. The molecular formula is C15H28N4O5S. The standard InChI is InChI=1S/C15H28N4O5S/c1-4-8(2)12(15(23)24)19-14(22)10(5-6-25-3)18-13(21)9(16)7-11(17)20/h8-10,12H,4-7,16H2,1-3H3,(H2,17,20)(H,18,21)(H,19,22)(H,23,24). The average molecular weight is 376 g/mol. The van der Waals surface area contributed by atoms with Gasteiger partial charge in [0.1, 0.15) is 12.1 Å². The van der Waals surface area contributed by atoms with E-state index in [2.05, 4.69) is 10.6 Å². The fourth-order valence-electron chi connectivity index (χ4n) is 2.03. The van der Waals surface area contributed by atoms with E-state index in [1.54, 1.807) is 6.92 Å². The van der Waals surface area contributed by atoms with Gasteiger partial charge in [0.2, 0.25) is 17.7 Å². The molecule has 0 fully saturated rings. The summed E-state index contributed by atoms with van der Waals surface area (Å²) in [6.45, 7) is 3.54. The van der Waals surface area contributed by atoms with Gasteiger partial charge < -0.3 is 27.2 Å². The lowest BCUT2D eigenvalue weighted by atomic mass is 9.98. The van der Waals surface area contributed by atoms with E-state index in [-0.39, 0.29) is 12.3 Å². The molecule has 0 saturated heterocycles. The maximum absolute atomic E-state index is 12.4. The third-order valence-corrected chi connectivity index (χ3v) is 4.42. The molecule has 4 unspecified atom stereocenters. The SMILES string of the molecule is CCC(C)C(NC(=O)C(CCSC)NC(=O)C(N)CC(N)=O)C(=O)O. The van der Waals surface area contributed by atoms with E-state index in [9.17, 15) is 24.3 Å². The highest BCUT2D eigenvalue weighted by Gasteiger charge is 2.30. The monoisotopic (exact) mass is 376 g/mol. The van der Waals surface area contributed by atoms with Gasteiger partial charge in [-0.15, -0.1) is 0 Å². The number of carbonyl (C=O) groups is 4. The molecule has 0 spiro atoms. The minimum absolute atomic E-state index is 0.268. The fourth-order valence-corrected chi connectivity index (χ4v) is 2.50. The summed E-state index contributed by atoms with van der Waals surface area (Å²) in [5.41, 5.74) is 10.6. The largest absolute Gasteiger partial charge is 0.480 e. The Balaban J connectivity index is 5.04. The summed E-state index contributed by atoms with van der Waals surface area (Å²) >= 11 is 1.48. The Hall–Kier alpha value is -1.81. The first-order valence-corrected chi connectivity index (χ1v) is 9.39. The van der Waals surface area contributed by atoms with E-state index in [0.717, 1.165) is 0 Å². The highest BCUT2D eigenvalue weighted by Crippen LogP contribution is 2.09. The van der Waals surface area contributed by atoms with Crippen LogP contribution >= 0.6 is 11.8 Å². The molecule has 9 nitrogen and oxygen atoms in total. The Labute approximate surface area is 151 Å². The molecule has 0 bridgehead atoms. The first-order chi connectivity index (χ1) is 11.6. The summed E-state index contributed by atoms with van der Waals surface area (Å²) in [4.78, 5) is 46.6. The zero-order chi connectivity index (χ0) is 19.6. The van der Waals surface area contributed by atoms with Crippen LogP contribution in [-0.2, 0) is 19.2 Å². The Morgan fingerprint density at radius 1 is 1.16 bits per heavy atom. The highest BCUT2D eigenvalue weighted by molar-refractivity contribution is 7.98. The van der Waals surface area contributed by atoms with Gasteiger partial charge in [0.25, 0.3) is 0 Å². The molecule has 3 amide bonds. The molecule has 0 aliphatic carbocycles. The molecule has 0 saturated carbocycles. The van der Waals surface area contributed by atoms with Crippen LogP contribution in [0.5, 0.6) is 0 Å². The maximum Gasteiger partial charge on any atom is 0.326 e. The van der Waals surface area contributed by atoms with Gasteiger partial charge in [-0.25, -0.2) is 4.79 Å². The van der Waals surface area contributed by atoms with Gasteiger partial charge in [-0.05, 0) is 24.3 Å². The van der Waals surface area contributed by atoms with Gasteiger partial charge in [0.05, 0.1) is 12.5 Å². The van der Waals surface area contributed by atoms with Crippen LogP contribution in [0.4, 0.5) is 0 Å². The van der Waals surface area contributed by atoms with Gasteiger partial charge in [0, 0.05) is 0 Å². The molecule has 7 N–H and O–H groups in total. The van der Waals surface area contributed by atoms with E-state index >= 15 is 0 Å². The van der Waals surface area contributed by atoms with Crippen LogP contribution in [-0.4, -0.2) is 58.9 Å². The van der Waals surface area contributed by atoms with Gasteiger partial charge >= 0.3 is 5.97 Å². The Morgan fingerprint density at radius 3 is 2.20 bits per heavy atom. The van der Waals surface area contributed by atoms with Crippen LogP contribution in [0.2, 0.25) is 0 Å². The third-order valence-electron chi connectivity index (χ3n) is 3.78. The van der Waals surface area contributed by atoms with Crippen LogP contribution in [0.3, 0.4) is 0 Å². The molecule has 144 valence electrons. The Bertz CT molecular complexity index is 489. The van der Waals surface area contributed by atoms with Crippen molar-refractivity contribution in [3.63, 3.8) is 0 Å². The molecule has 0 heterocycles. The number of carboxylic acid groups (broad SMARTS) is 1. The van der Waals surface area contributed by atoms with Crippen LogP contribution in [0, 0.1) is 5.92 Å². The topological polar surface area (TPSA) is 165 Å². The molecule has 0 aliphatic rings. The number of carbonyl (C=O) groups excluding carboxylic acids is 3. The summed E-state index contributed by atoms with van der Waals surface area (Å²) < 4.78 is 0. The summed E-state index contributed by atoms with van der Waals surface area (Å²) in [5, 5.41) is 14.2. The lowest BCUT2D eigenvalue weighted by Gasteiger charge is -2.25. The number of thioether (sulfide) groups is 1. The summed E-state index contributed by atoms with van der Waals surface area (Å²) in [6.07, 6.45) is 2.37. The van der Waals surface area contributed by atoms with Crippen LogP contribution in [0.15, 0.2) is 0 Å². The summed E-state index contributed by atoms with van der Waals surface area (Å²) in [7, 11) is 0. The van der Waals surface area contributed by atoms with Crippen molar-refractivity contribution in [3.8, 4) is 0 Å². The summed E-state index contributed by atoms with van der Waals surface area (Å²) in [5.74, 6) is -2.84. The number of rotatable bonds is 12. The molecule has 0 aromatic carbocycles. The third kappa shape index (κ3) is 8.73. The molecular weight excluding hydrogens is 348 g/mol. The van der Waals surface area contributed by atoms with Crippen molar-refractivity contribution in [1.82, 2.24) is 10.6 Å². The molecule has 4 atom stereocenters. The van der Waals surface area contributed by atoms with E-state index in [1.807, 2.05) is 13.2 Å². The van der Waals surface area contributed by atoms with Crippen LogP contribution in [0.1, 0.15) is 33.1 Å². The molecule has 10 heteroatoms. The highest BCUT2D eigenvalue weighted by atomic mass is 32.2. The average Bonchev–Trinajstić information content (AvgIpc) is 2.54. The first-order valence-electron chi connectivity index (χ1n) is 8.00. The van der Waals surface area contributed by atoms with E-state index in [0.29, 0.717) is 18.6 Å². The van der Waals surface area contributed by atoms with Crippen molar-refractivity contribution in [2.24, 2.45) is 17.4 Å². The minimum Gasteiger partial charge on any atom is -0.480 e. The van der Waals surface area contributed by atoms with E-state index in [1.165, 1.54) is 11.8 Å². The molecule has 0 radical (unpaired) electrons. The predicted molar refractivity (Wildman–Crippen MR) is 95.7 cm³/mol. The molecule has 0 aliphatic heterocycles. The van der Waals surface area contributed by atoms with Crippen molar-refractivity contribution < 1.29 is 24.3 Å². The fraction of sp³-hybridized carbons (Fsp3) is 0.733. The molecule has 0 rings (SSSR count). The number of nitrogens with two attached hydrogens (primary N) is 2. The van der Waals surface area contributed by atoms with Crippen molar-refractivity contribution >= 4 is 35.5 Å². The maximum atomic E-state index is 12.4. The second kappa shape index (κ2) is 11.7. The zero-order valence-electron chi connectivity index (χ0n) is 14.8. The predicted octanol–water partition coefficient (Wildman–Crippen LogP) is -0.957. The van der Waals surface area contributed by atoms with Crippen molar-refractivity contribution in [1.29, 1.82) is 0 Å². The van der Waals surface area contributed by atoms with Gasteiger partial charge in [-0.1, -0.05) is 20.3 Å². The van der Waals surface area contributed by atoms with Crippen molar-refractivity contribution in [2.75, 3.05) is 12.0 Å². The minimum atomic E-state index is -1.16. The molecule has 0 aromatic heterocycles. The van der Waals surface area contributed by atoms with Crippen molar-refractivity contribution in [2.45, 2.75) is 51.2 Å². The Kier molecular flexibility index (Phi) is 10.8. The number of aliphatic carboxylic acids is 1. The zero-order valence-corrected chi connectivity index (χ0v) is 15.6. The first kappa shape index (κ1) is 23.2. The van der Waals surface area contributed by atoms with Crippen LogP contribution < -0.4 is 22.1 Å². The van der Waals surface area contributed by atoms with Gasteiger partial charge in [0.15, 0.2) is 0 Å². The van der Waals surface area contributed by atoms with E-state index in [4.69, 9.17) is 11.5 Å². The van der Waals surface area contributed by atoms with Gasteiger partial charge in [-0.2, -0.15) is 11.8 Å². The molecule has 0 aromatic rings. The number of hydrogen-bond donors (Lipinski definition) is 5. The number of carboxylic acids is 1. The quantitative estimate of drug-likeness (QED) is 0.293. The van der Waals surface area contributed by atoms with E-state index < -0.39 is 41.8 Å². The second-order valence-electron chi connectivity index (χ2n) is 5.83. The number of primary amides is 1. The van der Waals surface area contributed by atoms with Gasteiger partial charge in [-0.3, -0.25) is 14.4 Å². The number of hydrogen-bond acceptors (Lipinski definition) is 6.